The van der Waals surface area contributed by atoms with Gasteiger partial charge >= 0.3 is 0 Å². The number of halogens is 1. The Bertz CT molecular complexity index is 884. The van der Waals surface area contributed by atoms with Crippen LogP contribution in [0.2, 0.25) is 0 Å². The Morgan fingerprint density at radius 1 is 1.07 bits per heavy atom. The molecule has 0 saturated carbocycles. The lowest BCUT2D eigenvalue weighted by Gasteiger charge is -2.38. The lowest BCUT2D eigenvalue weighted by atomic mass is 10.1. The van der Waals surface area contributed by atoms with Crippen molar-refractivity contribution >= 4 is 39.1 Å². The topological polar surface area (TPSA) is 71.1 Å². The van der Waals surface area contributed by atoms with Crippen molar-refractivity contribution in [2.75, 3.05) is 49.6 Å². The molecule has 0 spiro atoms. The fourth-order valence-corrected chi connectivity index (χ4v) is 3.74. The highest BCUT2D eigenvalue weighted by Gasteiger charge is 2.34. The van der Waals surface area contributed by atoms with E-state index in [1.807, 2.05) is 53.4 Å². The summed E-state index contributed by atoms with van der Waals surface area (Å²) in [6.45, 7) is 2.64. The molecule has 2 heterocycles. The van der Waals surface area contributed by atoms with E-state index in [0.29, 0.717) is 38.6 Å². The third-order valence-electron chi connectivity index (χ3n) is 4.92. The molecule has 2 aliphatic rings. The quantitative estimate of drug-likeness (QED) is 0.760. The summed E-state index contributed by atoms with van der Waals surface area (Å²) in [5, 5.41) is 2.90. The first-order chi connectivity index (χ1) is 14.1. The summed E-state index contributed by atoms with van der Waals surface area (Å²) in [5.41, 5.74) is 1.53. The number of fused-ring (bicyclic) bond motifs is 1. The Morgan fingerprint density at radius 3 is 2.55 bits per heavy atom. The van der Waals surface area contributed by atoms with Gasteiger partial charge in [-0.05, 0) is 36.4 Å². The molecule has 1 unspecified atom stereocenters. The fourth-order valence-electron chi connectivity index (χ4n) is 3.48. The number of anilines is 2. The van der Waals surface area contributed by atoms with E-state index in [-0.39, 0.29) is 18.4 Å². The van der Waals surface area contributed by atoms with Crippen molar-refractivity contribution in [2.45, 2.75) is 6.10 Å². The lowest BCUT2D eigenvalue weighted by Crippen LogP contribution is -2.53. The number of benzene rings is 2. The third-order valence-corrected chi connectivity index (χ3v) is 5.45. The molecule has 0 aliphatic carbocycles. The predicted octanol–water partition coefficient (Wildman–Crippen LogP) is 2.51. The molecule has 0 aromatic heterocycles. The molecule has 0 bridgehead atoms. The van der Waals surface area contributed by atoms with Gasteiger partial charge in [0.1, 0.15) is 5.75 Å². The molecular formula is C21H22BrN3O4. The van der Waals surface area contributed by atoms with Crippen LogP contribution in [0.5, 0.6) is 5.75 Å². The van der Waals surface area contributed by atoms with Crippen molar-refractivity contribution in [1.82, 2.24) is 4.90 Å². The van der Waals surface area contributed by atoms with Gasteiger partial charge in [-0.2, -0.15) is 0 Å². The van der Waals surface area contributed by atoms with E-state index in [1.54, 1.807) is 4.90 Å². The van der Waals surface area contributed by atoms with Gasteiger partial charge in [0, 0.05) is 23.2 Å². The van der Waals surface area contributed by atoms with Gasteiger partial charge in [0.05, 0.1) is 32.0 Å². The van der Waals surface area contributed by atoms with E-state index in [0.717, 1.165) is 15.8 Å². The molecule has 1 saturated heterocycles. The van der Waals surface area contributed by atoms with Gasteiger partial charge in [0.2, 0.25) is 5.91 Å². The number of carbonyl (C=O) groups excluding carboxylic acids is 2. The molecular weight excluding hydrogens is 438 g/mol. The lowest BCUT2D eigenvalue weighted by molar-refractivity contribution is -0.142. The highest BCUT2D eigenvalue weighted by Crippen LogP contribution is 2.33. The first-order valence-corrected chi connectivity index (χ1v) is 10.3. The minimum atomic E-state index is -0.650. The summed E-state index contributed by atoms with van der Waals surface area (Å²) >= 11 is 3.38. The van der Waals surface area contributed by atoms with Crippen LogP contribution < -0.4 is 15.0 Å². The van der Waals surface area contributed by atoms with Crippen LogP contribution in [0.3, 0.4) is 0 Å². The molecule has 0 radical (unpaired) electrons. The largest absolute Gasteiger partial charge is 0.477 e. The zero-order chi connectivity index (χ0) is 20.2. The molecule has 2 aromatic carbocycles. The molecule has 152 valence electrons. The predicted molar refractivity (Wildman–Crippen MR) is 113 cm³/mol. The molecule has 2 aromatic rings. The van der Waals surface area contributed by atoms with E-state index >= 15 is 0 Å². The molecule has 8 heteroatoms. The number of para-hydroxylation sites is 2. The summed E-state index contributed by atoms with van der Waals surface area (Å²) in [5.74, 6) is 0.393. The average Bonchev–Trinajstić information content (AvgIpc) is 2.75. The number of nitrogens with zero attached hydrogens (tertiary/aromatic N) is 2. The van der Waals surface area contributed by atoms with Gasteiger partial charge in [-0.25, -0.2) is 0 Å². The van der Waals surface area contributed by atoms with Crippen molar-refractivity contribution in [2.24, 2.45) is 0 Å². The smallest absolute Gasteiger partial charge is 0.265 e. The van der Waals surface area contributed by atoms with Crippen molar-refractivity contribution in [3.8, 4) is 5.75 Å². The summed E-state index contributed by atoms with van der Waals surface area (Å²) in [6.07, 6.45) is -0.650. The second kappa shape index (κ2) is 8.84. The summed E-state index contributed by atoms with van der Waals surface area (Å²) < 4.78 is 12.3. The van der Waals surface area contributed by atoms with Gasteiger partial charge < -0.3 is 24.6 Å². The number of hydrogen-bond donors (Lipinski definition) is 1. The highest BCUT2D eigenvalue weighted by atomic mass is 79.9. The number of hydrogen-bond acceptors (Lipinski definition) is 5. The van der Waals surface area contributed by atoms with Crippen LogP contribution in [0.15, 0.2) is 53.0 Å². The summed E-state index contributed by atoms with van der Waals surface area (Å²) in [6, 6.07) is 14.9. The fraction of sp³-hybridized carbons (Fsp3) is 0.333. The number of amides is 2. The normalized spacial score (nSPS) is 18.6. The van der Waals surface area contributed by atoms with Crippen LogP contribution in [-0.4, -0.2) is 62.2 Å². The van der Waals surface area contributed by atoms with Crippen LogP contribution in [0.1, 0.15) is 0 Å². The van der Waals surface area contributed by atoms with Crippen LogP contribution >= 0.6 is 15.9 Å². The maximum atomic E-state index is 12.9. The summed E-state index contributed by atoms with van der Waals surface area (Å²) in [7, 11) is 0. The van der Waals surface area contributed by atoms with E-state index in [1.165, 1.54) is 0 Å². The second-order valence-electron chi connectivity index (χ2n) is 6.95. The van der Waals surface area contributed by atoms with Gasteiger partial charge in [0.15, 0.2) is 6.10 Å². The first-order valence-electron chi connectivity index (χ1n) is 9.53. The van der Waals surface area contributed by atoms with Crippen LogP contribution in [-0.2, 0) is 14.3 Å². The Hall–Kier alpha value is -2.58. The van der Waals surface area contributed by atoms with E-state index < -0.39 is 6.10 Å². The van der Waals surface area contributed by atoms with Crippen molar-refractivity contribution in [1.29, 1.82) is 0 Å². The van der Waals surface area contributed by atoms with E-state index in [4.69, 9.17) is 9.47 Å². The zero-order valence-corrected chi connectivity index (χ0v) is 17.4. The van der Waals surface area contributed by atoms with E-state index in [9.17, 15) is 9.59 Å². The number of ether oxygens (including phenoxy) is 2. The molecule has 1 atom stereocenters. The second-order valence-corrected chi connectivity index (χ2v) is 7.86. The molecule has 4 rings (SSSR count). The van der Waals surface area contributed by atoms with Crippen molar-refractivity contribution in [3.63, 3.8) is 0 Å². The standard InChI is InChI=1S/C21H22BrN3O4/c22-15-5-7-16(8-6-15)23-20(26)14-25-13-19(21(27)24-9-11-28-12-10-24)29-18-4-2-1-3-17(18)25/h1-8,19H,9-14H2,(H,23,26). The number of morpholine rings is 1. The van der Waals surface area contributed by atoms with Crippen LogP contribution in [0.25, 0.3) is 0 Å². The van der Waals surface area contributed by atoms with Gasteiger partial charge in [-0.1, -0.05) is 28.1 Å². The third kappa shape index (κ3) is 4.71. The molecule has 29 heavy (non-hydrogen) atoms. The number of nitrogens with one attached hydrogen (secondary N) is 1. The van der Waals surface area contributed by atoms with Crippen molar-refractivity contribution in [3.05, 3.63) is 53.0 Å². The Labute approximate surface area is 177 Å². The average molecular weight is 460 g/mol. The Balaban J connectivity index is 1.48. The van der Waals surface area contributed by atoms with Gasteiger partial charge in [-0.3, -0.25) is 9.59 Å². The maximum Gasteiger partial charge on any atom is 0.265 e. The van der Waals surface area contributed by atoms with Crippen LogP contribution in [0, 0.1) is 0 Å². The van der Waals surface area contributed by atoms with E-state index in [2.05, 4.69) is 21.2 Å². The molecule has 2 amide bonds. The van der Waals surface area contributed by atoms with Gasteiger partial charge in [-0.15, -0.1) is 0 Å². The monoisotopic (exact) mass is 459 g/mol. The van der Waals surface area contributed by atoms with Crippen LogP contribution in [0.4, 0.5) is 11.4 Å². The first kappa shape index (κ1) is 19.7. The minimum Gasteiger partial charge on any atom is -0.477 e. The van der Waals surface area contributed by atoms with Crippen molar-refractivity contribution < 1.29 is 19.1 Å². The minimum absolute atomic E-state index is 0.0684. The molecule has 1 fully saturated rings. The summed E-state index contributed by atoms with van der Waals surface area (Å²) in [4.78, 5) is 29.2. The Morgan fingerprint density at radius 2 is 1.79 bits per heavy atom. The number of carbonyl (C=O) groups is 2. The SMILES string of the molecule is O=C(CN1CC(C(=O)N2CCOCC2)Oc2ccccc21)Nc1ccc(Br)cc1. The molecule has 1 N–H and O–H groups in total. The number of rotatable bonds is 4. The van der Waals surface area contributed by atoms with Gasteiger partial charge in [0.25, 0.3) is 5.91 Å². The molecule has 2 aliphatic heterocycles. The highest BCUT2D eigenvalue weighted by molar-refractivity contribution is 9.10. The zero-order valence-electron chi connectivity index (χ0n) is 15.8. The Kier molecular flexibility index (Phi) is 6.01. The maximum absolute atomic E-state index is 12.9. The molecule has 7 nitrogen and oxygen atoms in total.